The maximum absolute atomic E-state index is 9.90. The van der Waals surface area contributed by atoms with E-state index in [2.05, 4.69) is 27.6 Å². The number of anilines is 1. The fourth-order valence-corrected chi connectivity index (χ4v) is 2.57. The van der Waals surface area contributed by atoms with Crippen LogP contribution in [0, 0.1) is 0 Å². The molecule has 0 aliphatic carbocycles. The molecule has 102 valence electrons. The fraction of sp³-hybridized carbons (Fsp3) is 0.500. The first-order valence-electron chi connectivity index (χ1n) is 5.69. The summed E-state index contributed by atoms with van der Waals surface area (Å²) < 4.78 is 7.20. The summed E-state index contributed by atoms with van der Waals surface area (Å²) in [5.74, 6) is 0.275. The number of thiol groups is 1. The van der Waals surface area contributed by atoms with E-state index in [-0.39, 0.29) is 12.4 Å². The lowest BCUT2D eigenvalue weighted by molar-refractivity contribution is -0.0430. The summed E-state index contributed by atoms with van der Waals surface area (Å²) in [5.41, 5.74) is 6.68. The van der Waals surface area contributed by atoms with Crippen molar-refractivity contribution in [2.24, 2.45) is 0 Å². The van der Waals surface area contributed by atoms with Gasteiger partial charge < -0.3 is 20.7 Å². The van der Waals surface area contributed by atoms with Crippen LogP contribution in [-0.4, -0.2) is 53.8 Å². The van der Waals surface area contributed by atoms with E-state index in [0.29, 0.717) is 11.2 Å². The number of hydrogen-bond donors (Lipinski definition) is 4. The summed E-state index contributed by atoms with van der Waals surface area (Å²) in [6, 6.07) is 0. The minimum atomic E-state index is -0.866. The summed E-state index contributed by atoms with van der Waals surface area (Å²) in [5, 5.41) is 18.5. The number of hydrogen-bond acceptors (Lipinski definition) is 8. The van der Waals surface area contributed by atoms with E-state index in [0.717, 1.165) is 0 Å². The van der Waals surface area contributed by atoms with E-state index in [1.165, 1.54) is 12.7 Å². The van der Waals surface area contributed by atoms with Gasteiger partial charge in [-0.3, -0.25) is 4.57 Å². The van der Waals surface area contributed by atoms with Gasteiger partial charge in [-0.15, -0.1) is 0 Å². The molecule has 0 saturated carbocycles. The predicted molar refractivity (Wildman–Crippen MR) is 69.5 cm³/mol. The number of nitrogen functional groups attached to an aromatic ring is 1. The highest BCUT2D eigenvalue weighted by Gasteiger charge is 2.42. The minimum Gasteiger partial charge on any atom is -0.394 e. The second-order valence-corrected chi connectivity index (χ2v) is 4.91. The standard InChI is InChI=1S/C10H13N5O3S/c11-8-5-9(13-2-12-8)15(3-14-5)10-7(19)6(17)4(1-16)18-10/h2-4,6-7,10,16-17,19H,1H2,(H2,11,12,13)/t4-,6-,7-,10-/m1/s1. The lowest BCUT2D eigenvalue weighted by Crippen LogP contribution is -2.30. The molecule has 4 N–H and O–H groups in total. The highest BCUT2D eigenvalue weighted by atomic mass is 32.1. The summed E-state index contributed by atoms with van der Waals surface area (Å²) in [4.78, 5) is 12.1. The molecule has 0 spiro atoms. The molecule has 0 aromatic carbocycles. The van der Waals surface area contributed by atoms with E-state index in [9.17, 15) is 5.11 Å². The summed E-state index contributed by atoms with van der Waals surface area (Å²) in [6.07, 6.45) is 0.725. The summed E-state index contributed by atoms with van der Waals surface area (Å²) in [6.45, 7) is -0.279. The Morgan fingerprint density at radius 1 is 1.42 bits per heavy atom. The average molecular weight is 283 g/mol. The van der Waals surface area contributed by atoms with Crippen LogP contribution in [0.1, 0.15) is 6.23 Å². The Hall–Kier alpha value is -1.42. The van der Waals surface area contributed by atoms with Gasteiger partial charge in [-0.05, 0) is 0 Å². The Balaban J connectivity index is 2.04. The van der Waals surface area contributed by atoms with Gasteiger partial charge in [0.25, 0.3) is 0 Å². The molecule has 1 aliphatic rings. The van der Waals surface area contributed by atoms with Gasteiger partial charge in [0.05, 0.1) is 24.3 Å². The molecule has 3 rings (SSSR count). The van der Waals surface area contributed by atoms with E-state index in [4.69, 9.17) is 15.6 Å². The zero-order valence-corrected chi connectivity index (χ0v) is 10.7. The van der Waals surface area contributed by atoms with Crippen LogP contribution in [0.4, 0.5) is 5.82 Å². The molecular weight excluding hydrogens is 270 g/mol. The van der Waals surface area contributed by atoms with Crippen molar-refractivity contribution >= 4 is 29.6 Å². The first kappa shape index (κ1) is 12.6. The molecule has 4 atom stereocenters. The van der Waals surface area contributed by atoms with Crippen LogP contribution < -0.4 is 5.73 Å². The number of imidazole rings is 1. The van der Waals surface area contributed by atoms with Crippen LogP contribution in [0.2, 0.25) is 0 Å². The number of aromatic nitrogens is 4. The van der Waals surface area contributed by atoms with Crippen molar-refractivity contribution in [1.29, 1.82) is 0 Å². The molecule has 1 saturated heterocycles. The Kier molecular flexibility index (Phi) is 3.05. The van der Waals surface area contributed by atoms with Crippen molar-refractivity contribution in [2.75, 3.05) is 12.3 Å². The maximum Gasteiger partial charge on any atom is 0.167 e. The summed E-state index contributed by atoms with van der Waals surface area (Å²) in [7, 11) is 0. The molecule has 2 aromatic heterocycles. The Labute approximate surface area is 113 Å². The van der Waals surface area contributed by atoms with Gasteiger partial charge in [-0.2, -0.15) is 12.6 Å². The van der Waals surface area contributed by atoms with Crippen LogP contribution in [-0.2, 0) is 4.74 Å². The number of rotatable bonds is 2. The van der Waals surface area contributed by atoms with Gasteiger partial charge in [-0.25, -0.2) is 15.0 Å². The van der Waals surface area contributed by atoms with E-state index >= 15 is 0 Å². The zero-order chi connectivity index (χ0) is 13.6. The minimum absolute atomic E-state index is 0.275. The normalized spacial score (nSPS) is 31.1. The van der Waals surface area contributed by atoms with Crippen LogP contribution >= 0.6 is 12.6 Å². The highest BCUT2D eigenvalue weighted by molar-refractivity contribution is 7.81. The highest BCUT2D eigenvalue weighted by Crippen LogP contribution is 2.34. The van der Waals surface area contributed by atoms with Gasteiger partial charge in [0.2, 0.25) is 0 Å². The monoisotopic (exact) mass is 283 g/mol. The van der Waals surface area contributed by atoms with Gasteiger partial charge in [0, 0.05) is 0 Å². The van der Waals surface area contributed by atoms with Gasteiger partial charge in [0.15, 0.2) is 17.7 Å². The first-order valence-corrected chi connectivity index (χ1v) is 6.20. The number of nitrogens with two attached hydrogens (primary N) is 1. The van der Waals surface area contributed by atoms with Gasteiger partial charge in [0.1, 0.15) is 17.9 Å². The Morgan fingerprint density at radius 3 is 2.89 bits per heavy atom. The fourth-order valence-electron chi connectivity index (χ4n) is 2.17. The Bertz CT molecular complexity index is 606. The molecule has 1 aliphatic heterocycles. The second kappa shape index (κ2) is 4.60. The third-order valence-electron chi connectivity index (χ3n) is 3.18. The number of fused-ring (bicyclic) bond motifs is 1. The quantitative estimate of drug-likeness (QED) is 0.520. The predicted octanol–water partition coefficient (Wildman–Crippen LogP) is -1.04. The van der Waals surface area contributed by atoms with Crippen molar-refractivity contribution in [2.45, 2.75) is 23.7 Å². The number of ether oxygens (including phenoxy) is 1. The van der Waals surface area contributed by atoms with Crippen molar-refractivity contribution < 1.29 is 14.9 Å². The number of aliphatic hydroxyl groups excluding tert-OH is 2. The molecule has 0 bridgehead atoms. The second-order valence-electron chi connectivity index (χ2n) is 4.31. The molecular formula is C10H13N5O3S. The van der Waals surface area contributed by atoms with Crippen LogP contribution in [0.3, 0.4) is 0 Å². The van der Waals surface area contributed by atoms with Crippen LogP contribution in [0.15, 0.2) is 12.7 Å². The zero-order valence-electron chi connectivity index (χ0n) is 9.79. The average Bonchev–Trinajstić information content (AvgIpc) is 2.94. The van der Waals surface area contributed by atoms with Crippen LogP contribution in [0.25, 0.3) is 11.2 Å². The molecule has 19 heavy (non-hydrogen) atoms. The molecule has 0 radical (unpaired) electrons. The molecule has 8 nitrogen and oxygen atoms in total. The topological polar surface area (TPSA) is 119 Å². The van der Waals surface area contributed by atoms with E-state index in [1.807, 2.05) is 0 Å². The summed E-state index contributed by atoms with van der Waals surface area (Å²) >= 11 is 4.32. The molecule has 9 heteroatoms. The van der Waals surface area contributed by atoms with E-state index < -0.39 is 23.7 Å². The van der Waals surface area contributed by atoms with Crippen molar-refractivity contribution in [3.05, 3.63) is 12.7 Å². The van der Waals surface area contributed by atoms with Crippen LogP contribution in [0.5, 0.6) is 0 Å². The third kappa shape index (κ3) is 1.86. The lowest BCUT2D eigenvalue weighted by Gasteiger charge is -2.16. The van der Waals surface area contributed by atoms with Gasteiger partial charge >= 0.3 is 0 Å². The first-order chi connectivity index (χ1) is 9.13. The molecule has 0 unspecified atom stereocenters. The molecule has 3 heterocycles. The van der Waals surface area contributed by atoms with Crippen molar-refractivity contribution in [3.63, 3.8) is 0 Å². The SMILES string of the molecule is Nc1ncnc2c1ncn2[C@@H]1O[C@H](CO)[C@@H](O)[C@H]1S. The van der Waals surface area contributed by atoms with Crippen molar-refractivity contribution in [3.8, 4) is 0 Å². The number of aliphatic hydroxyl groups is 2. The van der Waals surface area contributed by atoms with E-state index in [1.54, 1.807) is 4.57 Å². The largest absolute Gasteiger partial charge is 0.394 e. The number of nitrogens with zero attached hydrogens (tertiary/aromatic N) is 4. The molecule has 2 aromatic rings. The molecule has 0 amide bonds. The maximum atomic E-state index is 9.90. The lowest BCUT2D eigenvalue weighted by atomic mass is 10.2. The third-order valence-corrected chi connectivity index (χ3v) is 3.74. The smallest absolute Gasteiger partial charge is 0.167 e. The molecule has 1 fully saturated rings. The van der Waals surface area contributed by atoms with Crippen molar-refractivity contribution in [1.82, 2.24) is 19.5 Å². The van der Waals surface area contributed by atoms with Gasteiger partial charge in [-0.1, -0.05) is 0 Å². The Morgan fingerprint density at radius 2 is 2.21 bits per heavy atom.